The zero-order valence-corrected chi connectivity index (χ0v) is 18.9. The molecular formula is C24H16BrClFN3O2. The molecule has 0 bridgehead atoms. The van der Waals surface area contributed by atoms with Crippen molar-refractivity contribution in [3.8, 4) is 17.0 Å². The highest BCUT2D eigenvalue weighted by atomic mass is 79.9. The second-order valence-corrected chi connectivity index (χ2v) is 8.89. The summed E-state index contributed by atoms with van der Waals surface area (Å²) in [6.07, 6.45) is 0. The van der Waals surface area contributed by atoms with E-state index in [1.807, 2.05) is 24.3 Å². The molecule has 4 aromatic rings. The normalized spacial score (nSPS) is 15.3. The van der Waals surface area contributed by atoms with Gasteiger partial charge < -0.3 is 10.0 Å². The molecule has 0 radical (unpaired) electrons. The van der Waals surface area contributed by atoms with E-state index in [-0.39, 0.29) is 24.0 Å². The summed E-state index contributed by atoms with van der Waals surface area (Å²) in [6, 6.07) is 18.0. The van der Waals surface area contributed by atoms with Crippen molar-refractivity contribution >= 4 is 33.4 Å². The second kappa shape index (κ2) is 8.07. The minimum absolute atomic E-state index is 0.0149. The molecule has 0 fully saturated rings. The van der Waals surface area contributed by atoms with Crippen molar-refractivity contribution in [1.29, 1.82) is 0 Å². The molecule has 1 aliphatic rings. The van der Waals surface area contributed by atoms with Gasteiger partial charge in [0.15, 0.2) is 0 Å². The third kappa shape index (κ3) is 3.57. The molecule has 0 spiro atoms. The van der Waals surface area contributed by atoms with Gasteiger partial charge >= 0.3 is 0 Å². The number of H-pyrrole nitrogens is 1. The van der Waals surface area contributed by atoms with Gasteiger partial charge in [-0.2, -0.15) is 5.10 Å². The molecule has 1 atom stereocenters. The van der Waals surface area contributed by atoms with Crippen molar-refractivity contribution < 1.29 is 14.3 Å². The van der Waals surface area contributed by atoms with Crippen LogP contribution in [0.15, 0.2) is 71.2 Å². The monoisotopic (exact) mass is 511 g/mol. The third-order valence-corrected chi connectivity index (χ3v) is 6.24. The van der Waals surface area contributed by atoms with Gasteiger partial charge in [0.25, 0.3) is 5.91 Å². The summed E-state index contributed by atoms with van der Waals surface area (Å²) in [5.74, 6) is -0.547. The number of phenolic OH excluding ortho intramolecular Hbond substituents is 1. The highest BCUT2D eigenvalue weighted by molar-refractivity contribution is 9.10. The number of aromatic hydroxyl groups is 1. The minimum atomic E-state index is -0.466. The number of fused-ring (bicyclic) bond motifs is 1. The summed E-state index contributed by atoms with van der Waals surface area (Å²) in [5, 5.41) is 18.1. The van der Waals surface area contributed by atoms with Gasteiger partial charge in [0.1, 0.15) is 23.0 Å². The number of rotatable bonds is 4. The minimum Gasteiger partial charge on any atom is -0.507 e. The summed E-state index contributed by atoms with van der Waals surface area (Å²) in [7, 11) is 0. The summed E-state index contributed by atoms with van der Waals surface area (Å²) in [4.78, 5) is 15.1. The molecule has 1 amide bonds. The first-order chi connectivity index (χ1) is 15.4. The maximum atomic E-state index is 13.4. The van der Waals surface area contributed by atoms with Crippen LogP contribution in [0.5, 0.6) is 5.75 Å². The van der Waals surface area contributed by atoms with Crippen LogP contribution in [-0.2, 0) is 6.54 Å². The lowest BCUT2D eigenvalue weighted by atomic mass is 9.95. The molecule has 0 saturated heterocycles. The van der Waals surface area contributed by atoms with Crippen molar-refractivity contribution in [2.75, 3.05) is 0 Å². The third-order valence-electron chi connectivity index (χ3n) is 5.51. The molecule has 1 aliphatic heterocycles. The lowest BCUT2D eigenvalue weighted by Crippen LogP contribution is -2.29. The number of aromatic amines is 1. The van der Waals surface area contributed by atoms with E-state index in [2.05, 4.69) is 26.1 Å². The van der Waals surface area contributed by atoms with Gasteiger partial charge in [-0.25, -0.2) is 4.39 Å². The standard InChI is InChI=1S/C24H16BrClFN3O2/c25-15-3-1-2-14(10-15)23-20-21(18-11-16(26)6-9-19(18)31)28-29-22(20)24(32)30(23)12-13-4-7-17(27)8-5-13/h1-11,23,31H,12H2,(H,28,29). The molecule has 3 aromatic carbocycles. The van der Waals surface area contributed by atoms with Gasteiger partial charge in [-0.15, -0.1) is 0 Å². The molecule has 0 saturated carbocycles. The Labute approximate surface area is 196 Å². The molecule has 32 heavy (non-hydrogen) atoms. The molecule has 1 unspecified atom stereocenters. The topological polar surface area (TPSA) is 69.2 Å². The zero-order chi connectivity index (χ0) is 22.4. The fourth-order valence-corrected chi connectivity index (χ4v) is 4.66. The predicted molar refractivity (Wildman–Crippen MR) is 123 cm³/mol. The number of amides is 1. The fraction of sp³-hybridized carbons (Fsp3) is 0.0833. The summed E-state index contributed by atoms with van der Waals surface area (Å²) in [6.45, 7) is 0.278. The Morgan fingerprint density at radius 1 is 1.12 bits per heavy atom. The fourth-order valence-electron chi connectivity index (χ4n) is 4.07. The van der Waals surface area contributed by atoms with Crippen molar-refractivity contribution in [3.05, 3.63) is 104 Å². The van der Waals surface area contributed by atoms with E-state index in [4.69, 9.17) is 11.6 Å². The van der Waals surface area contributed by atoms with Gasteiger partial charge in [-0.1, -0.05) is 51.8 Å². The lowest BCUT2D eigenvalue weighted by Gasteiger charge is -2.26. The Morgan fingerprint density at radius 3 is 2.66 bits per heavy atom. The van der Waals surface area contributed by atoms with E-state index in [1.165, 1.54) is 18.2 Å². The van der Waals surface area contributed by atoms with E-state index >= 15 is 0 Å². The first-order valence-electron chi connectivity index (χ1n) is 9.80. The van der Waals surface area contributed by atoms with Crippen LogP contribution < -0.4 is 0 Å². The predicted octanol–water partition coefficient (Wildman–Crippen LogP) is 6.08. The first kappa shape index (κ1) is 20.7. The van der Waals surface area contributed by atoms with Crippen molar-refractivity contribution in [2.24, 2.45) is 0 Å². The summed E-state index contributed by atoms with van der Waals surface area (Å²) < 4.78 is 14.3. The lowest BCUT2D eigenvalue weighted by molar-refractivity contribution is 0.0730. The number of halogens is 3. The first-order valence-corrected chi connectivity index (χ1v) is 11.0. The van der Waals surface area contributed by atoms with Gasteiger partial charge in [-0.05, 0) is 53.6 Å². The largest absolute Gasteiger partial charge is 0.507 e. The quantitative estimate of drug-likeness (QED) is 0.348. The Hall–Kier alpha value is -3.16. The van der Waals surface area contributed by atoms with Crippen LogP contribution in [0.1, 0.15) is 33.2 Å². The molecule has 2 N–H and O–H groups in total. The maximum Gasteiger partial charge on any atom is 0.273 e. The summed E-state index contributed by atoms with van der Waals surface area (Å²) in [5.41, 5.74) is 3.58. The molecule has 8 heteroatoms. The smallest absolute Gasteiger partial charge is 0.273 e. The van der Waals surface area contributed by atoms with Gasteiger partial charge in [0.2, 0.25) is 0 Å². The van der Waals surface area contributed by atoms with E-state index in [9.17, 15) is 14.3 Å². The molecular weight excluding hydrogens is 497 g/mol. The average Bonchev–Trinajstić information content (AvgIpc) is 3.31. The van der Waals surface area contributed by atoms with Crippen LogP contribution in [0.25, 0.3) is 11.3 Å². The SMILES string of the molecule is O=C1c2[nH]nc(-c3cc(Cl)ccc3O)c2C(c2cccc(Br)c2)N1Cc1ccc(F)cc1. The molecule has 0 aliphatic carbocycles. The number of aromatic nitrogens is 2. The summed E-state index contributed by atoms with van der Waals surface area (Å²) >= 11 is 9.68. The van der Waals surface area contributed by atoms with Gasteiger partial charge in [0.05, 0.1) is 6.04 Å². The molecule has 5 nitrogen and oxygen atoms in total. The van der Waals surface area contributed by atoms with Crippen molar-refractivity contribution in [2.45, 2.75) is 12.6 Å². The number of carbonyl (C=O) groups is 1. The van der Waals surface area contributed by atoms with Gasteiger partial charge in [-0.3, -0.25) is 9.89 Å². The number of carbonyl (C=O) groups excluding carboxylic acids is 1. The van der Waals surface area contributed by atoms with E-state index in [0.717, 1.165) is 15.6 Å². The van der Waals surface area contributed by atoms with Crippen LogP contribution in [0, 0.1) is 5.82 Å². The second-order valence-electron chi connectivity index (χ2n) is 7.54. The molecule has 1 aromatic heterocycles. The number of hydrogen-bond donors (Lipinski definition) is 2. The van der Waals surface area contributed by atoms with Crippen molar-refractivity contribution in [1.82, 2.24) is 15.1 Å². The number of phenols is 1. The highest BCUT2D eigenvalue weighted by Gasteiger charge is 2.42. The van der Waals surface area contributed by atoms with E-state index in [1.54, 1.807) is 29.2 Å². The van der Waals surface area contributed by atoms with Crippen LogP contribution in [0.3, 0.4) is 0 Å². The number of benzene rings is 3. The Balaban J connectivity index is 1.67. The number of nitrogens with zero attached hydrogens (tertiary/aromatic N) is 2. The zero-order valence-electron chi connectivity index (χ0n) is 16.5. The molecule has 5 rings (SSSR count). The Bertz CT molecular complexity index is 1340. The van der Waals surface area contributed by atoms with Crippen LogP contribution in [-0.4, -0.2) is 26.1 Å². The van der Waals surface area contributed by atoms with Crippen LogP contribution in [0.2, 0.25) is 5.02 Å². The van der Waals surface area contributed by atoms with Crippen LogP contribution in [0.4, 0.5) is 4.39 Å². The Kier molecular flexibility index (Phi) is 5.23. The van der Waals surface area contributed by atoms with Gasteiger partial charge in [0, 0.05) is 27.2 Å². The van der Waals surface area contributed by atoms with E-state index in [0.29, 0.717) is 27.5 Å². The number of hydrogen-bond acceptors (Lipinski definition) is 3. The highest BCUT2D eigenvalue weighted by Crippen LogP contribution is 2.45. The Morgan fingerprint density at radius 2 is 1.91 bits per heavy atom. The number of nitrogens with one attached hydrogen (secondary N) is 1. The molecule has 2 heterocycles. The average molecular weight is 513 g/mol. The van der Waals surface area contributed by atoms with Crippen molar-refractivity contribution in [3.63, 3.8) is 0 Å². The van der Waals surface area contributed by atoms with Crippen LogP contribution >= 0.6 is 27.5 Å². The maximum absolute atomic E-state index is 13.4. The van der Waals surface area contributed by atoms with E-state index < -0.39 is 6.04 Å². The molecule has 160 valence electrons.